The number of rotatable bonds is 3. The number of hydrogen-bond acceptors (Lipinski definition) is 4. The van der Waals surface area contributed by atoms with E-state index in [1.54, 1.807) is 18.2 Å². The first kappa shape index (κ1) is 12.0. The van der Waals surface area contributed by atoms with E-state index in [9.17, 15) is 9.59 Å². The van der Waals surface area contributed by atoms with E-state index < -0.39 is 0 Å². The third kappa shape index (κ3) is 2.02. The lowest BCUT2D eigenvalue weighted by Crippen LogP contribution is -2.19. The summed E-state index contributed by atoms with van der Waals surface area (Å²) in [6.45, 7) is 1.81. The number of aryl methyl sites for hydroxylation is 1. The second kappa shape index (κ2) is 4.83. The number of aldehydes is 1. The third-order valence-electron chi connectivity index (χ3n) is 2.66. The molecule has 1 amide bonds. The monoisotopic (exact) mass is 244 g/mol. The van der Waals surface area contributed by atoms with Crippen molar-refractivity contribution >= 4 is 12.2 Å². The number of hydrogen-bond donors (Lipinski definition) is 1. The first-order valence-corrected chi connectivity index (χ1v) is 5.39. The van der Waals surface area contributed by atoms with Gasteiger partial charge in [0.05, 0.1) is 5.69 Å². The molecule has 0 aliphatic heterocycles. The average Bonchev–Trinajstić information content (AvgIpc) is 2.83. The number of amides is 1. The molecular weight excluding hydrogens is 232 g/mol. The van der Waals surface area contributed by atoms with Crippen molar-refractivity contribution in [2.24, 2.45) is 0 Å². The number of nitrogens with one attached hydrogen (secondary N) is 1. The molecule has 1 heterocycles. The van der Waals surface area contributed by atoms with Crippen molar-refractivity contribution in [3.63, 3.8) is 0 Å². The second-order valence-corrected chi connectivity index (χ2v) is 3.77. The quantitative estimate of drug-likeness (QED) is 0.836. The van der Waals surface area contributed by atoms with Gasteiger partial charge in [0.2, 0.25) is 0 Å². The van der Waals surface area contributed by atoms with Crippen LogP contribution in [0.25, 0.3) is 11.3 Å². The molecule has 18 heavy (non-hydrogen) atoms. The van der Waals surface area contributed by atoms with E-state index in [0.29, 0.717) is 23.2 Å². The minimum absolute atomic E-state index is 0.294. The Balaban J connectivity index is 2.52. The van der Waals surface area contributed by atoms with Gasteiger partial charge >= 0.3 is 0 Å². The molecule has 0 atom stereocenters. The zero-order valence-electron chi connectivity index (χ0n) is 10.1. The largest absolute Gasteiger partial charge is 0.443 e. The van der Waals surface area contributed by atoms with E-state index in [0.717, 1.165) is 11.3 Å². The molecule has 5 heteroatoms. The van der Waals surface area contributed by atoms with Crippen molar-refractivity contribution in [3.8, 4) is 11.3 Å². The first-order valence-electron chi connectivity index (χ1n) is 5.39. The lowest BCUT2D eigenvalue weighted by Gasteiger charge is -2.05. The number of carbonyl (C=O) groups excluding carboxylic acids is 2. The maximum atomic E-state index is 11.6. The Morgan fingerprint density at radius 3 is 2.78 bits per heavy atom. The zero-order valence-corrected chi connectivity index (χ0v) is 10.1. The summed E-state index contributed by atoms with van der Waals surface area (Å²) in [6, 6.07) is 4.94. The van der Waals surface area contributed by atoms with Crippen molar-refractivity contribution in [1.82, 2.24) is 10.3 Å². The molecule has 92 valence electrons. The van der Waals surface area contributed by atoms with Crippen molar-refractivity contribution in [3.05, 3.63) is 41.4 Å². The van der Waals surface area contributed by atoms with Crippen LogP contribution in [0.2, 0.25) is 0 Å². The summed E-state index contributed by atoms with van der Waals surface area (Å²) in [5, 5.41) is 2.49. The van der Waals surface area contributed by atoms with Crippen LogP contribution in [0.15, 0.2) is 29.0 Å². The van der Waals surface area contributed by atoms with Crippen LogP contribution in [-0.4, -0.2) is 24.2 Å². The van der Waals surface area contributed by atoms with Crippen molar-refractivity contribution in [1.29, 1.82) is 0 Å². The van der Waals surface area contributed by atoms with Crippen LogP contribution in [0.1, 0.15) is 26.4 Å². The summed E-state index contributed by atoms with van der Waals surface area (Å²) in [5.41, 5.74) is 2.12. The van der Waals surface area contributed by atoms with Crippen LogP contribution in [0.5, 0.6) is 0 Å². The molecule has 0 spiro atoms. The minimum Gasteiger partial charge on any atom is -0.443 e. The fraction of sp³-hybridized carbons (Fsp3) is 0.154. The predicted molar refractivity (Wildman–Crippen MR) is 65.5 cm³/mol. The van der Waals surface area contributed by atoms with Crippen LogP contribution < -0.4 is 5.32 Å². The molecule has 1 N–H and O–H groups in total. The van der Waals surface area contributed by atoms with Gasteiger partial charge in [-0.15, -0.1) is 0 Å². The smallest absolute Gasteiger partial charge is 0.251 e. The van der Waals surface area contributed by atoms with Gasteiger partial charge in [-0.05, 0) is 19.1 Å². The lowest BCUT2D eigenvalue weighted by molar-refractivity contribution is 0.0957. The fourth-order valence-electron chi connectivity index (χ4n) is 1.72. The summed E-state index contributed by atoms with van der Waals surface area (Å²) in [4.78, 5) is 26.6. The number of benzene rings is 1. The zero-order chi connectivity index (χ0) is 13.1. The maximum Gasteiger partial charge on any atom is 0.251 e. The van der Waals surface area contributed by atoms with Crippen LogP contribution in [0.3, 0.4) is 0 Å². The Morgan fingerprint density at radius 1 is 1.44 bits per heavy atom. The highest BCUT2D eigenvalue weighted by Crippen LogP contribution is 2.24. The summed E-state index contributed by atoms with van der Waals surface area (Å²) < 4.78 is 5.25. The number of nitrogens with zero attached hydrogens (tertiary/aromatic N) is 1. The van der Waals surface area contributed by atoms with Crippen molar-refractivity contribution in [2.45, 2.75) is 6.92 Å². The summed E-state index contributed by atoms with van der Waals surface area (Å²) in [7, 11) is 1.52. The molecule has 0 aliphatic rings. The Kier molecular flexibility index (Phi) is 3.23. The highest BCUT2D eigenvalue weighted by molar-refractivity contribution is 6.02. The highest BCUT2D eigenvalue weighted by Gasteiger charge is 2.13. The van der Waals surface area contributed by atoms with E-state index in [1.807, 2.05) is 6.92 Å². The van der Waals surface area contributed by atoms with Crippen LogP contribution in [0.4, 0.5) is 0 Å². The number of carbonyl (C=O) groups is 2. The van der Waals surface area contributed by atoms with Crippen LogP contribution in [0, 0.1) is 6.92 Å². The summed E-state index contributed by atoms with van der Waals surface area (Å²) in [6.07, 6.45) is 2.00. The van der Waals surface area contributed by atoms with Crippen LogP contribution in [-0.2, 0) is 0 Å². The molecule has 0 saturated heterocycles. The molecule has 0 bridgehead atoms. The third-order valence-corrected chi connectivity index (χ3v) is 2.66. The Morgan fingerprint density at radius 2 is 2.22 bits per heavy atom. The van der Waals surface area contributed by atoms with Crippen molar-refractivity contribution in [2.75, 3.05) is 7.05 Å². The fourth-order valence-corrected chi connectivity index (χ4v) is 1.72. The second-order valence-electron chi connectivity index (χ2n) is 3.77. The minimum atomic E-state index is -0.294. The van der Waals surface area contributed by atoms with Gasteiger partial charge in [0.15, 0.2) is 18.4 Å². The molecule has 5 nitrogen and oxygen atoms in total. The van der Waals surface area contributed by atoms with Gasteiger partial charge in [0.1, 0.15) is 0 Å². The number of aromatic nitrogens is 1. The maximum absolute atomic E-state index is 11.6. The summed E-state index contributed by atoms with van der Waals surface area (Å²) >= 11 is 0. The average molecular weight is 244 g/mol. The molecule has 0 saturated carbocycles. The van der Waals surface area contributed by atoms with Gasteiger partial charge in [-0.25, -0.2) is 4.98 Å². The van der Waals surface area contributed by atoms with Gasteiger partial charge in [-0.3, -0.25) is 9.59 Å². The van der Waals surface area contributed by atoms with E-state index in [1.165, 1.54) is 13.4 Å². The molecule has 1 aromatic carbocycles. The standard InChI is InChI=1S/C13H12N2O3/c1-8-12(18-7-15-8)9-3-4-11(13(17)14-2)10(5-9)6-16/h3-7H,1-2H3,(H,14,17). The number of oxazole rings is 1. The van der Waals surface area contributed by atoms with Crippen molar-refractivity contribution < 1.29 is 14.0 Å². The summed E-state index contributed by atoms with van der Waals surface area (Å²) in [5.74, 6) is 0.305. The van der Waals surface area contributed by atoms with E-state index in [4.69, 9.17) is 4.42 Å². The Hall–Kier alpha value is -2.43. The SMILES string of the molecule is CNC(=O)c1ccc(-c2ocnc2C)cc1C=O. The molecule has 1 aromatic heterocycles. The Labute approximate surface area is 104 Å². The van der Waals surface area contributed by atoms with E-state index in [-0.39, 0.29) is 5.91 Å². The molecule has 0 unspecified atom stereocenters. The van der Waals surface area contributed by atoms with Gasteiger partial charge in [0.25, 0.3) is 5.91 Å². The molecule has 2 aromatic rings. The normalized spacial score (nSPS) is 10.1. The van der Waals surface area contributed by atoms with E-state index >= 15 is 0 Å². The Bertz CT molecular complexity index is 602. The molecular formula is C13H12N2O3. The van der Waals surface area contributed by atoms with Crippen LogP contribution >= 0.6 is 0 Å². The van der Waals surface area contributed by atoms with E-state index in [2.05, 4.69) is 10.3 Å². The molecule has 0 fully saturated rings. The van der Waals surface area contributed by atoms with Gasteiger partial charge < -0.3 is 9.73 Å². The van der Waals surface area contributed by atoms with Gasteiger partial charge in [0, 0.05) is 23.7 Å². The van der Waals surface area contributed by atoms with Gasteiger partial charge in [-0.1, -0.05) is 6.07 Å². The molecule has 0 radical (unpaired) electrons. The van der Waals surface area contributed by atoms with Gasteiger partial charge in [-0.2, -0.15) is 0 Å². The predicted octanol–water partition coefficient (Wildman–Crippen LogP) is 1.82. The highest BCUT2D eigenvalue weighted by atomic mass is 16.3. The first-order chi connectivity index (χ1) is 8.67. The molecule has 2 rings (SSSR count). The lowest BCUT2D eigenvalue weighted by atomic mass is 10.0. The molecule has 0 aliphatic carbocycles. The topological polar surface area (TPSA) is 72.2 Å².